The molecule has 2 aromatic carbocycles. The van der Waals surface area contributed by atoms with E-state index in [1.165, 1.54) is 11.1 Å². The molecule has 0 spiro atoms. The van der Waals surface area contributed by atoms with E-state index in [0.717, 1.165) is 15.8 Å². The number of hydrogen-bond donors (Lipinski definition) is 0. The molecule has 5 heteroatoms. The van der Waals surface area contributed by atoms with Crippen LogP contribution in [0.15, 0.2) is 62.6 Å². The zero-order chi connectivity index (χ0) is 14.7. The summed E-state index contributed by atoms with van der Waals surface area (Å²) in [4.78, 5) is 0. The van der Waals surface area contributed by atoms with Gasteiger partial charge < -0.3 is 4.42 Å². The van der Waals surface area contributed by atoms with Gasteiger partial charge in [-0.15, -0.1) is 10.2 Å². The van der Waals surface area contributed by atoms with Crippen LogP contribution in [0.25, 0.3) is 11.5 Å². The lowest BCUT2D eigenvalue weighted by Crippen LogP contribution is -1.80. The minimum absolute atomic E-state index is 0.567. The summed E-state index contributed by atoms with van der Waals surface area (Å²) in [6.45, 7) is 2.04. The van der Waals surface area contributed by atoms with Crippen molar-refractivity contribution in [3.8, 4) is 11.5 Å². The second kappa shape index (κ2) is 6.45. The van der Waals surface area contributed by atoms with Crippen LogP contribution in [-0.4, -0.2) is 10.2 Å². The first kappa shape index (κ1) is 14.4. The minimum atomic E-state index is 0.567. The second-order valence-electron chi connectivity index (χ2n) is 4.66. The summed E-state index contributed by atoms with van der Waals surface area (Å²) in [5, 5.41) is 8.79. The molecule has 3 aromatic rings. The molecule has 0 aliphatic heterocycles. The van der Waals surface area contributed by atoms with Crippen molar-refractivity contribution in [2.75, 3.05) is 0 Å². The van der Waals surface area contributed by atoms with Crippen molar-refractivity contribution in [1.82, 2.24) is 10.2 Å². The van der Waals surface area contributed by atoms with Gasteiger partial charge in [0.25, 0.3) is 5.22 Å². The molecule has 0 amide bonds. The van der Waals surface area contributed by atoms with Crippen LogP contribution in [-0.2, 0) is 5.75 Å². The van der Waals surface area contributed by atoms with Crippen LogP contribution in [0.3, 0.4) is 0 Å². The quantitative estimate of drug-likeness (QED) is 0.606. The molecule has 21 heavy (non-hydrogen) atoms. The standard InChI is InChI=1S/C16H13BrN2OS/c1-11-3-2-4-13(9-11)15-18-19-16(20-15)21-10-12-5-7-14(17)8-6-12/h2-9H,10H2,1H3. The molecule has 1 heterocycles. The van der Waals surface area contributed by atoms with Crippen LogP contribution >= 0.6 is 27.7 Å². The maximum absolute atomic E-state index is 5.70. The van der Waals surface area contributed by atoms with Gasteiger partial charge in [0.2, 0.25) is 5.89 Å². The third kappa shape index (κ3) is 3.74. The highest BCUT2D eigenvalue weighted by Crippen LogP contribution is 2.26. The number of aromatic nitrogens is 2. The van der Waals surface area contributed by atoms with E-state index in [1.807, 2.05) is 43.3 Å². The lowest BCUT2D eigenvalue weighted by Gasteiger charge is -1.98. The van der Waals surface area contributed by atoms with Crippen LogP contribution < -0.4 is 0 Å². The predicted molar refractivity (Wildman–Crippen MR) is 88.2 cm³/mol. The monoisotopic (exact) mass is 360 g/mol. The molecular formula is C16H13BrN2OS. The van der Waals surface area contributed by atoms with Gasteiger partial charge in [0, 0.05) is 15.8 Å². The molecule has 0 atom stereocenters. The molecular weight excluding hydrogens is 348 g/mol. The van der Waals surface area contributed by atoms with Crippen LogP contribution in [0.1, 0.15) is 11.1 Å². The van der Waals surface area contributed by atoms with E-state index in [-0.39, 0.29) is 0 Å². The topological polar surface area (TPSA) is 38.9 Å². The summed E-state index contributed by atoms with van der Waals surface area (Å²) in [6.07, 6.45) is 0. The third-order valence-electron chi connectivity index (χ3n) is 2.95. The molecule has 0 aliphatic rings. The number of rotatable bonds is 4. The van der Waals surface area contributed by atoms with Gasteiger partial charge in [0.05, 0.1) is 0 Å². The van der Waals surface area contributed by atoms with Crippen LogP contribution in [0.5, 0.6) is 0 Å². The molecule has 0 N–H and O–H groups in total. The highest BCUT2D eigenvalue weighted by molar-refractivity contribution is 9.10. The molecule has 1 aromatic heterocycles. The van der Waals surface area contributed by atoms with Gasteiger partial charge in [-0.3, -0.25) is 0 Å². The van der Waals surface area contributed by atoms with Crippen molar-refractivity contribution >= 4 is 27.7 Å². The van der Waals surface area contributed by atoms with Crippen molar-refractivity contribution in [2.45, 2.75) is 17.9 Å². The first-order valence-corrected chi connectivity index (χ1v) is 8.26. The summed E-state index contributed by atoms with van der Waals surface area (Å²) in [5.74, 6) is 1.37. The van der Waals surface area contributed by atoms with Crippen molar-refractivity contribution in [1.29, 1.82) is 0 Å². The Labute approximate surface area is 135 Å². The van der Waals surface area contributed by atoms with Gasteiger partial charge in [-0.2, -0.15) is 0 Å². The summed E-state index contributed by atoms with van der Waals surface area (Å²) in [7, 11) is 0. The lowest BCUT2D eigenvalue weighted by atomic mass is 10.1. The van der Waals surface area contributed by atoms with Crippen molar-refractivity contribution in [2.24, 2.45) is 0 Å². The first-order chi connectivity index (χ1) is 10.2. The Hall–Kier alpha value is -1.59. The zero-order valence-corrected chi connectivity index (χ0v) is 13.8. The summed E-state index contributed by atoms with van der Waals surface area (Å²) in [6, 6.07) is 16.3. The smallest absolute Gasteiger partial charge is 0.277 e. The van der Waals surface area contributed by atoms with Crippen LogP contribution in [0.4, 0.5) is 0 Å². The number of benzene rings is 2. The Balaban J connectivity index is 1.69. The fraction of sp³-hybridized carbons (Fsp3) is 0.125. The number of thioether (sulfide) groups is 1. The number of nitrogens with zero attached hydrogens (tertiary/aromatic N) is 2. The van der Waals surface area contributed by atoms with E-state index in [2.05, 4.69) is 38.3 Å². The van der Waals surface area contributed by atoms with Gasteiger partial charge in [-0.05, 0) is 36.8 Å². The Bertz CT molecular complexity index is 740. The number of hydrogen-bond acceptors (Lipinski definition) is 4. The van der Waals surface area contributed by atoms with E-state index >= 15 is 0 Å². The third-order valence-corrected chi connectivity index (χ3v) is 4.37. The largest absolute Gasteiger partial charge is 0.411 e. The normalized spacial score (nSPS) is 10.8. The molecule has 0 unspecified atom stereocenters. The highest BCUT2D eigenvalue weighted by atomic mass is 79.9. The van der Waals surface area contributed by atoms with Crippen molar-refractivity contribution in [3.05, 3.63) is 64.1 Å². The van der Waals surface area contributed by atoms with E-state index in [0.29, 0.717) is 11.1 Å². The van der Waals surface area contributed by atoms with E-state index in [4.69, 9.17) is 4.42 Å². The zero-order valence-electron chi connectivity index (χ0n) is 11.4. The molecule has 0 fully saturated rings. The molecule has 3 nitrogen and oxygen atoms in total. The Kier molecular flexibility index (Phi) is 4.41. The van der Waals surface area contributed by atoms with Gasteiger partial charge >= 0.3 is 0 Å². The fourth-order valence-electron chi connectivity index (χ4n) is 1.89. The number of halogens is 1. The van der Waals surface area contributed by atoms with Crippen molar-refractivity contribution in [3.63, 3.8) is 0 Å². The maximum atomic E-state index is 5.70. The average Bonchev–Trinajstić information content (AvgIpc) is 2.96. The first-order valence-electron chi connectivity index (χ1n) is 6.48. The Morgan fingerprint density at radius 1 is 1.10 bits per heavy atom. The predicted octanol–water partition coefficient (Wildman–Crippen LogP) is 5.10. The van der Waals surface area contributed by atoms with E-state index in [1.54, 1.807) is 11.8 Å². The number of aryl methyl sites for hydroxylation is 1. The maximum Gasteiger partial charge on any atom is 0.277 e. The molecule has 0 radical (unpaired) electrons. The molecule has 0 aliphatic carbocycles. The summed E-state index contributed by atoms with van der Waals surface area (Å²) < 4.78 is 6.78. The fourth-order valence-corrected chi connectivity index (χ4v) is 2.87. The van der Waals surface area contributed by atoms with Crippen molar-refractivity contribution < 1.29 is 4.42 Å². The van der Waals surface area contributed by atoms with Crippen LogP contribution in [0, 0.1) is 6.92 Å². The SMILES string of the molecule is Cc1cccc(-c2nnc(SCc3ccc(Br)cc3)o2)c1. The lowest BCUT2D eigenvalue weighted by molar-refractivity contribution is 0.466. The minimum Gasteiger partial charge on any atom is -0.411 e. The van der Waals surface area contributed by atoms with E-state index in [9.17, 15) is 0 Å². The summed E-state index contributed by atoms with van der Waals surface area (Å²) in [5.41, 5.74) is 3.35. The molecule has 0 saturated heterocycles. The highest BCUT2D eigenvalue weighted by Gasteiger charge is 2.09. The Morgan fingerprint density at radius 3 is 2.67 bits per heavy atom. The summed E-state index contributed by atoms with van der Waals surface area (Å²) >= 11 is 4.97. The van der Waals surface area contributed by atoms with Gasteiger partial charge in [-0.25, -0.2) is 0 Å². The molecule has 106 valence electrons. The van der Waals surface area contributed by atoms with E-state index < -0.39 is 0 Å². The Morgan fingerprint density at radius 2 is 1.90 bits per heavy atom. The van der Waals surface area contributed by atoms with Gasteiger partial charge in [0.1, 0.15) is 0 Å². The van der Waals surface area contributed by atoms with Gasteiger partial charge in [-0.1, -0.05) is 57.5 Å². The van der Waals surface area contributed by atoms with Crippen LogP contribution in [0.2, 0.25) is 0 Å². The molecule has 0 bridgehead atoms. The average molecular weight is 361 g/mol. The van der Waals surface area contributed by atoms with Gasteiger partial charge in [0.15, 0.2) is 0 Å². The second-order valence-corrected chi connectivity index (χ2v) is 6.50. The molecule has 0 saturated carbocycles. The molecule has 3 rings (SSSR count).